The fourth-order valence-corrected chi connectivity index (χ4v) is 5.17. The molecule has 0 radical (unpaired) electrons. The summed E-state index contributed by atoms with van der Waals surface area (Å²) in [4.78, 5) is 68.7. The monoisotopic (exact) mass is 531 g/mol. The zero-order chi connectivity index (χ0) is 27.5. The summed E-state index contributed by atoms with van der Waals surface area (Å²) >= 11 is 0. The first-order valence-electron chi connectivity index (χ1n) is 12.8. The lowest BCUT2D eigenvalue weighted by Crippen LogP contribution is -2.50. The molecule has 2 N–H and O–H groups in total. The van der Waals surface area contributed by atoms with E-state index in [1.165, 1.54) is 19.4 Å². The second kappa shape index (κ2) is 11.0. The van der Waals surface area contributed by atoms with Crippen molar-refractivity contribution >= 4 is 23.6 Å². The van der Waals surface area contributed by atoms with Crippen molar-refractivity contribution in [1.82, 2.24) is 19.4 Å². The molecule has 2 aromatic carbocycles. The van der Waals surface area contributed by atoms with E-state index in [1.54, 1.807) is 23.1 Å². The second-order valence-electron chi connectivity index (χ2n) is 9.64. The summed E-state index contributed by atoms with van der Waals surface area (Å²) in [5, 5.41) is 2.99. The van der Waals surface area contributed by atoms with E-state index in [0.717, 1.165) is 22.2 Å². The number of methoxy groups -OCH3 is 1. The Bertz CT molecular complexity index is 1540. The number of aromatic nitrogens is 2. The summed E-state index contributed by atoms with van der Waals surface area (Å²) < 4.78 is 5.90. The molecule has 0 bridgehead atoms. The number of carbonyl (C=O) groups is 3. The number of nitrogens with one attached hydrogen (secondary N) is 2. The molecule has 0 spiro atoms. The number of anilines is 1. The summed E-state index contributed by atoms with van der Waals surface area (Å²) in [6.07, 6.45) is 3.35. The maximum absolute atomic E-state index is 13.1. The number of hydrogen-bond donors (Lipinski definition) is 2. The van der Waals surface area contributed by atoms with Gasteiger partial charge < -0.3 is 19.9 Å². The van der Waals surface area contributed by atoms with Crippen LogP contribution in [0.5, 0.6) is 0 Å². The molecule has 0 saturated carbocycles. The number of likely N-dealkylation sites (tertiary alicyclic amines) is 1. The molecule has 202 valence electrons. The van der Waals surface area contributed by atoms with Crippen LogP contribution in [0.2, 0.25) is 0 Å². The molecule has 3 heterocycles. The van der Waals surface area contributed by atoms with Gasteiger partial charge in [0.1, 0.15) is 6.54 Å². The van der Waals surface area contributed by atoms with Crippen molar-refractivity contribution in [3.63, 3.8) is 0 Å². The molecule has 2 aliphatic heterocycles. The smallest absolute Gasteiger partial charge is 0.337 e. The SMILES string of the molecule is COC(=O)c1cccc(-c2cn(CC(=O)N3CCC(N4CCc5ccccc5NC4=O)CC3)c(=O)[nH]c2=O)c1. The first-order valence-corrected chi connectivity index (χ1v) is 12.8. The van der Waals surface area contributed by atoms with Crippen LogP contribution in [0.15, 0.2) is 64.3 Å². The minimum Gasteiger partial charge on any atom is -0.465 e. The Kier molecular flexibility index (Phi) is 7.31. The van der Waals surface area contributed by atoms with E-state index < -0.39 is 17.2 Å². The fourth-order valence-electron chi connectivity index (χ4n) is 5.17. The van der Waals surface area contributed by atoms with Crippen LogP contribution in [0.25, 0.3) is 11.1 Å². The number of piperidine rings is 1. The topological polar surface area (TPSA) is 134 Å². The van der Waals surface area contributed by atoms with E-state index in [2.05, 4.69) is 10.3 Å². The zero-order valence-electron chi connectivity index (χ0n) is 21.5. The van der Waals surface area contributed by atoms with Gasteiger partial charge in [-0.25, -0.2) is 14.4 Å². The van der Waals surface area contributed by atoms with Crippen LogP contribution in [0, 0.1) is 0 Å². The van der Waals surface area contributed by atoms with Crippen molar-refractivity contribution < 1.29 is 19.1 Å². The number of H-pyrrole nitrogens is 1. The van der Waals surface area contributed by atoms with Gasteiger partial charge >= 0.3 is 17.7 Å². The molecular formula is C28H29N5O6. The number of aromatic amines is 1. The standard InChI is InChI=1S/C28H29N5O6/c1-39-26(36)20-7-4-6-19(15-20)22-16-32(27(37)30-25(22)35)17-24(34)31-12-10-21(11-13-31)33-14-9-18-5-2-3-8-23(18)29-28(33)38/h2-8,15-16,21H,9-14,17H2,1H3,(H,29,38)(H,30,35,37). The zero-order valence-corrected chi connectivity index (χ0v) is 21.5. The van der Waals surface area contributed by atoms with Gasteiger partial charge in [0.15, 0.2) is 0 Å². The third-order valence-corrected chi connectivity index (χ3v) is 7.31. The van der Waals surface area contributed by atoms with E-state index >= 15 is 0 Å². The highest BCUT2D eigenvalue weighted by molar-refractivity contribution is 5.91. The Morgan fingerprint density at radius 1 is 1.00 bits per heavy atom. The molecule has 39 heavy (non-hydrogen) atoms. The summed E-state index contributed by atoms with van der Waals surface area (Å²) in [5.41, 5.74) is 1.44. The first kappa shape index (κ1) is 26.0. The number of carbonyl (C=O) groups excluding carboxylic acids is 3. The van der Waals surface area contributed by atoms with E-state index in [1.807, 2.05) is 29.2 Å². The Morgan fingerprint density at radius 3 is 2.54 bits per heavy atom. The predicted molar refractivity (Wildman–Crippen MR) is 144 cm³/mol. The maximum Gasteiger partial charge on any atom is 0.337 e. The molecule has 1 fully saturated rings. The van der Waals surface area contributed by atoms with Crippen molar-refractivity contribution in [2.75, 3.05) is 32.1 Å². The van der Waals surface area contributed by atoms with Crippen molar-refractivity contribution in [2.24, 2.45) is 0 Å². The molecule has 1 saturated heterocycles. The van der Waals surface area contributed by atoms with Gasteiger partial charge in [-0.15, -0.1) is 0 Å². The number of ether oxygens (including phenoxy) is 1. The highest BCUT2D eigenvalue weighted by atomic mass is 16.5. The quantitative estimate of drug-likeness (QED) is 0.484. The predicted octanol–water partition coefficient (Wildman–Crippen LogP) is 2.07. The number of amides is 3. The summed E-state index contributed by atoms with van der Waals surface area (Å²) in [7, 11) is 1.26. The Morgan fingerprint density at radius 2 is 1.77 bits per heavy atom. The van der Waals surface area contributed by atoms with Gasteiger partial charge in [-0.3, -0.25) is 19.1 Å². The first-order chi connectivity index (χ1) is 18.8. The molecule has 0 aliphatic carbocycles. The van der Waals surface area contributed by atoms with Crippen LogP contribution >= 0.6 is 0 Å². The lowest BCUT2D eigenvalue weighted by molar-refractivity contribution is -0.133. The van der Waals surface area contributed by atoms with Crippen molar-refractivity contribution in [1.29, 1.82) is 0 Å². The molecule has 3 aromatic rings. The molecule has 11 heteroatoms. The summed E-state index contributed by atoms with van der Waals surface area (Å²) in [6, 6.07) is 13.9. The van der Waals surface area contributed by atoms with Crippen LogP contribution in [0.4, 0.5) is 10.5 Å². The van der Waals surface area contributed by atoms with Crippen molar-refractivity contribution in [3.8, 4) is 11.1 Å². The molecule has 3 amide bonds. The normalized spacial score (nSPS) is 15.8. The Balaban J connectivity index is 1.25. The molecular weight excluding hydrogens is 502 g/mol. The summed E-state index contributed by atoms with van der Waals surface area (Å²) in [5.74, 6) is -0.813. The van der Waals surface area contributed by atoms with E-state index in [9.17, 15) is 24.0 Å². The van der Waals surface area contributed by atoms with Gasteiger partial charge in [0.05, 0.1) is 18.2 Å². The molecule has 5 rings (SSSR count). The van der Waals surface area contributed by atoms with Crippen LogP contribution in [0.3, 0.4) is 0 Å². The fraction of sp³-hybridized carbons (Fsp3) is 0.321. The lowest BCUT2D eigenvalue weighted by atomic mass is 10.0. The van der Waals surface area contributed by atoms with Gasteiger partial charge in [0.25, 0.3) is 5.56 Å². The molecule has 1 aromatic heterocycles. The minimum absolute atomic E-state index is 0.00727. The maximum atomic E-state index is 13.1. The van der Waals surface area contributed by atoms with Gasteiger partial charge in [0.2, 0.25) is 5.91 Å². The number of hydrogen-bond acceptors (Lipinski definition) is 6. The molecule has 2 aliphatic rings. The molecule has 11 nitrogen and oxygen atoms in total. The van der Waals surface area contributed by atoms with Gasteiger partial charge in [-0.2, -0.15) is 0 Å². The van der Waals surface area contributed by atoms with E-state index in [4.69, 9.17) is 4.74 Å². The number of nitrogens with zero attached hydrogens (tertiary/aromatic N) is 3. The van der Waals surface area contributed by atoms with Crippen molar-refractivity contribution in [3.05, 3.63) is 86.7 Å². The number of benzene rings is 2. The second-order valence-corrected chi connectivity index (χ2v) is 9.64. The van der Waals surface area contributed by atoms with Gasteiger partial charge in [-0.1, -0.05) is 30.3 Å². The minimum atomic E-state index is -0.697. The lowest BCUT2D eigenvalue weighted by Gasteiger charge is -2.38. The van der Waals surface area contributed by atoms with Crippen molar-refractivity contribution in [2.45, 2.75) is 31.8 Å². The Hall–Kier alpha value is -4.67. The highest BCUT2D eigenvalue weighted by Crippen LogP contribution is 2.24. The molecule has 0 atom stereocenters. The van der Waals surface area contributed by atoms with Gasteiger partial charge in [-0.05, 0) is 48.6 Å². The largest absolute Gasteiger partial charge is 0.465 e. The third-order valence-electron chi connectivity index (χ3n) is 7.31. The van der Waals surface area contributed by atoms with Crippen LogP contribution < -0.4 is 16.6 Å². The number of fused-ring (bicyclic) bond motifs is 1. The highest BCUT2D eigenvalue weighted by Gasteiger charge is 2.31. The summed E-state index contributed by atoms with van der Waals surface area (Å²) in [6.45, 7) is 1.26. The Labute approximate surface area is 224 Å². The average Bonchev–Trinajstić information content (AvgIpc) is 3.12. The number of urea groups is 1. The molecule has 0 unspecified atom stereocenters. The average molecular weight is 532 g/mol. The van der Waals surface area contributed by atoms with Gasteiger partial charge in [0, 0.05) is 37.6 Å². The number of rotatable bonds is 5. The van der Waals surface area contributed by atoms with Crippen LogP contribution in [-0.4, -0.2) is 70.0 Å². The van der Waals surface area contributed by atoms with E-state index in [0.29, 0.717) is 38.0 Å². The number of para-hydroxylation sites is 1. The number of esters is 1. The van der Waals surface area contributed by atoms with Crippen LogP contribution in [0.1, 0.15) is 28.8 Å². The van der Waals surface area contributed by atoms with Crippen LogP contribution in [-0.2, 0) is 22.5 Å². The van der Waals surface area contributed by atoms with E-state index in [-0.39, 0.29) is 35.7 Å². The third kappa shape index (κ3) is 5.47.